The molecule has 4 heteroatoms. The number of anilines is 1. The molecule has 0 aliphatic heterocycles. The highest BCUT2D eigenvalue weighted by atomic mass is 79.9. The summed E-state index contributed by atoms with van der Waals surface area (Å²) < 4.78 is 0.881. The van der Waals surface area contributed by atoms with Gasteiger partial charge in [-0.05, 0) is 12.1 Å². The second kappa shape index (κ2) is 3.65. The van der Waals surface area contributed by atoms with Crippen LogP contribution in [-0.4, -0.2) is 7.05 Å². The van der Waals surface area contributed by atoms with E-state index in [9.17, 15) is 0 Å². The zero-order chi connectivity index (χ0) is 8.43. The summed E-state index contributed by atoms with van der Waals surface area (Å²) in [4.78, 5) is 0. The van der Waals surface area contributed by atoms with Crippen LogP contribution >= 0.6 is 39.1 Å². The Morgan fingerprint density at radius 3 is 2.09 bits per heavy atom. The Bertz CT molecular complexity index is 252. The fourth-order valence-corrected chi connectivity index (χ4v) is 2.18. The summed E-state index contributed by atoms with van der Waals surface area (Å²) >= 11 is 15.0. The number of rotatable bonds is 1. The van der Waals surface area contributed by atoms with Gasteiger partial charge in [-0.2, -0.15) is 0 Å². The van der Waals surface area contributed by atoms with E-state index in [1.54, 1.807) is 19.2 Å². The average molecular weight is 255 g/mol. The predicted molar refractivity (Wildman–Crippen MR) is 53.7 cm³/mol. The number of hydrogen-bond donors (Lipinski definition) is 1. The van der Waals surface area contributed by atoms with Crippen LogP contribution in [-0.2, 0) is 0 Å². The first-order valence-electron chi connectivity index (χ1n) is 2.97. The molecule has 0 bridgehead atoms. The Kier molecular flexibility index (Phi) is 3.05. The number of benzene rings is 1. The highest BCUT2D eigenvalue weighted by molar-refractivity contribution is 9.10. The first-order chi connectivity index (χ1) is 5.15. The third-order valence-electron chi connectivity index (χ3n) is 1.26. The van der Waals surface area contributed by atoms with Crippen LogP contribution in [0, 0.1) is 0 Å². The lowest BCUT2D eigenvalue weighted by Crippen LogP contribution is -1.89. The van der Waals surface area contributed by atoms with Crippen molar-refractivity contribution in [1.29, 1.82) is 0 Å². The Labute approximate surface area is 83.8 Å². The Hall–Kier alpha value is 0.0800. The van der Waals surface area contributed by atoms with E-state index in [-0.39, 0.29) is 0 Å². The first-order valence-corrected chi connectivity index (χ1v) is 4.52. The number of nitrogens with one attached hydrogen (secondary N) is 1. The Morgan fingerprint density at radius 1 is 1.27 bits per heavy atom. The van der Waals surface area contributed by atoms with E-state index >= 15 is 0 Å². The van der Waals surface area contributed by atoms with Crippen LogP contribution in [0.2, 0.25) is 10.0 Å². The second-order valence-electron chi connectivity index (χ2n) is 1.99. The van der Waals surface area contributed by atoms with Crippen molar-refractivity contribution in [2.24, 2.45) is 0 Å². The van der Waals surface area contributed by atoms with Gasteiger partial charge < -0.3 is 5.32 Å². The molecule has 1 aromatic rings. The fraction of sp³-hybridized carbons (Fsp3) is 0.143. The monoisotopic (exact) mass is 253 g/mol. The van der Waals surface area contributed by atoms with Gasteiger partial charge in [0.15, 0.2) is 0 Å². The molecular weight excluding hydrogens is 249 g/mol. The fourth-order valence-electron chi connectivity index (χ4n) is 0.781. The van der Waals surface area contributed by atoms with Gasteiger partial charge in [0.25, 0.3) is 0 Å². The highest BCUT2D eigenvalue weighted by Gasteiger charge is 2.04. The van der Waals surface area contributed by atoms with Crippen LogP contribution in [0.3, 0.4) is 0 Å². The van der Waals surface area contributed by atoms with Gasteiger partial charge in [0, 0.05) is 11.5 Å². The summed E-state index contributed by atoms with van der Waals surface area (Å²) in [6.45, 7) is 0. The minimum absolute atomic E-state index is 0.617. The van der Waals surface area contributed by atoms with E-state index in [0.29, 0.717) is 10.0 Å². The maximum Gasteiger partial charge on any atom is 0.0717 e. The molecule has 0 aliphatic rings. The van der Waals surface area contributed by atoms with Gasteiger partial charge in [0.05, 0.1) is 15.7 Å². The Balaban J connectivity index is 3.25. The first kappa shape index (κ1) is 9.17. The van der Waals surface area contributed by atoms with Gasteiger partial charge >= 0.3 is 0 Å². The smallest absolute Gasteiger partial charge is 0.0717 e. The highest BCUT2D eigenvalue weighted by Crippen LogP contribution is 2.33. The van der Waals surface area contributed by atoms with E-state index in [0.717, 1.165) is 10.2 Å². The summed E-state index contributed by atoms with van der Waals surface area (Å²) in [5.41, 5.74) is 0.761. The molecule has 1 N–H and O–H groups in total. The number of hydrogen-bond acceptors (Lipinski definition) is 1. The maximum atomic E-state index is 5.86. The minimum atomic E-state index is 0.617. The lowest BCUT2D eigenvalue weighted by atomic mass is 10.3. The molecule has 0 heterocycles. The third kappa shape index (κ3) is 2.01. The van der Waals surface area contributed by atoms with Crippen LogP contribution in [0.1, 0.15) is 0 Å². The molecule has 11 heavy (non-hydrogen) atoms. The molecule has 0 atom stereocenters. The van der Waals surface area contributed by atoms with E-state index in [1.807, 2.05) is 0 Å². The average Bonchev–Trinajstić information content (AvgIpc) is 1.85. The van der Waals surface area contributed by atoms with E-state index in [1.165, 1.54) is 0 Å². The van der Waals surface area contributed by atoms with Crippen LogP contribution in [0.15, 0.2) is 16.6 Å². The van der Waals surface area contributed by atoms with Crippen molar-refractivity contribution in [3.8, 4) is 0 Å². The van der Waals surface area contributed by atoms with E-state index in [2.05, 4.69) is 21.2 Å². The lowest BCUT2D eigenvalue weighted by Gasteiger charge is -2.05. The number of halogens is 3. The molecule has 0 saturated heterocycles. The molecule has 0 aliphatic carbocycles. The van der Waals surface area contributed by atoms with Crippen molar-refractivity contribution in [1.82, 2.24) is 0 Å². The molecule has 1 aromatic carbocycles. The van der Waals surface area contributed by atoms with Gasteiger partial charge in [0.1, 0.15) is 0 Å². The molecule has 0 fully saturated rings. The van der Waals surface area contributed by atoms with Gasteiger partial charge in [-0.1, -0.05) is 39.1 Å². The molecule has 0 saturated carbocycles. The summed E-state index contributed by atoms with van der Waals surface area (Å²) in [5.74, 6) is 0. The van der Waals surface area contributed by atoms with Crippen LogP contribution < -0.4 is 5.32 Å². The van der Waals surface area contributed by atoms with E-state index in [4.69, 9.17) is 23.2 Å². The SMILES string of the molecule is CNc1c(Cl)cc(Br)cc1Cl. The Morgan fingerprint density at radius 2 is 1.73 bits per heavy atom. The van der Waals surface area contributed by atoms with E-state index < -0.39 is 0 Å². The van der Waals surface area contributed by atoms with Crippen molar-refractivity contribution in [2.45, 2.75) is 0 Å². The van der Waals surface area contributed by atoms with Crippen LogP contribution in [0.25, 0.3) is 0 Å². The standard InChI is InChI=1S/C7H6BrCl2N/c1-11-7-5(9)2-4(8)3-6(7)10/h2-3,11H,1H3. The topological polar surface area (TPSA) is 12.0 Å². The van der Waals surface area contributed by atoms with Crippen LogP contribution in [0.5, 0.6) is 0 Å². The van der Waals surface area contributed by atoms with Crippen molar-refractivity contribution < 1.29 is 0 Å². The minimum Gasteiger partial charge on any atom is -0.386 e. The molecule has 1 nitrogen and oxygen atoms in total. The normalized spacial score (nSPS) is 9.82. The molecule has 0 amide bonds. The van der Waals surface area contributed by atoms with Crippen molar-refractivity contribution >= 4 is 44.8 Å². The van der Waals surface area contributed by atoms with Crippen molar-refractivity contribution in [2.75, 3.05) is 12.4 Å². The van der Waals surface area contributed by atoms with Crippen molar-refractivity contribution in [3.05, 3.63) is 26.7 Å². The summed E-state index contributed by atoms with van der Waals surface area (Å²) in [5, 5.41) is 4.14. The molecule has 0 spiro atoms. The second-order valence-corrected chi connectivity index (χ2v) is 3.72. The van der Waals surface area contributed by atoms with Gasteiger partial charge in [-0.3, -0.25) is 0 Å². The molecule has 60 valence electrons. The van der Waals surface area contributed by atoms with Crippen LogP contribution in [0.4, 0.5) is 5.69 Å². The molecule has 0 aromatic heterocycles. The molecule has 1 rings (SSSR count). The zero-order valence-corrected chi connectivity index (χ0v) is 8.89. The molecule has 0 radical (unpaired) electrons. The van der Waals surface area contributed by atoms with Crippen molar-refractivity contribution in [3.63, 3.8) is 0 Å². The zero-order valence-electron chi connectivity index (χ0n) is 5.79. The predicted octanol–water partition coefficient (Wildman–Crippen LogP) is 3.80. The maximum absolute atomic E-state index is 5.86. The van der Waals surface area contributed by atoms with Gasteiger partial charge in [-0.15, -0.1) is 0 Å². The van der Waals surface area contributed by atoms with Gasteiger partial charge in [-0.25, -0.2) is 0 Å². The largest absolute Gasteiger partial charge is 0.386 e. The molecule has 0 unspecified atom stereocenters. The summed E-state index contributed by atoms with van der Waals surface area (Å²) in [6.07, 6.45) is 0. The van der Waals surface area contributed by atoms with Gasteiger partial charge in [0.2, 0.25) is 0 Å². The molecular formula is C7H6BrCl2N. The summed E-state index contributed by atoms with van der Waals surface area (Å²) in [7, 11) is 1.78. The quantitative estimate of drug-likeness (QED) is 0.804. The lowest BCUT2D eigenvalue weighted by molar-refractivity contribution is 1.50. The third-order valence-corrected chi connectivity index (χ3v) is 2.31. The summed E-state index contributed by atoms with van der Waals surface area (Å²) in [6, 6.07) is 3.58.